The number of fused-ring (bicyclic) bond motifs is 1. The largest absolute Gasteiger partial charge is 0.383 e. The predicted octanol–water partition coefficient (Wildman–Crippen LogP) is 1.65. The lowest BCUT2D eigenvalue weighted by atomic mass is 10.1. The fourth-order valence-electron chi connectivity index (χ4n) is 2.30. The van der Waals surface area contributed by atoms with Crippen molar-refractivity contribution in [1.82, 2.24) is 10.2 Å². The van der Waals surface area contributed by atoms with Crippen molar-refractivity contribution in [3.63, 3.8) is 0 Å². The smallest absolute Gasteiger partial charge is 0.236 e. The molecule has 1 aliphatic heterocycles. The molecule has 2 rings (SSSR count). The van der Waals surface area contributed by atoms with Crippen LogP contribution in [0.15, 0.2) is 11.4 Å². The SMILES string of the molecule is COCC(C)(C)NCC(=O)N1CCc2sccc2C1. The molecule has 1 aliphatic rings. The third-order valence-electron chi connectivity index (χ3n) is 3.38. The van der Waals surface area contributed by atoms with E-state index >= 15 is 0 Å². The number of ether oxygens (including phenoxy) is 1. The van der Waals surface area contributed by atoms with Gasteiger partial charge in [-0.05, 0) is 37.3 Å². The normalized spacial score (nSPS) is 15.4. The van der Waals surface area contributed by atoms with Crippen molar-refractivity contribution in [2.24, 2.45) is 0 Å². The minimum absolute atomic E-state index is 0.168. The third-order valence-corrected chi connectivity index (χ3v) is 4.41. The van der Waals surface area contributed by atoms with E-state index in [1.807, 2.05) is 18.7 Å². The predicted molar refractivity (Wildman–Crippen MR) is 77.4 cm³/mol. The second kappa shape index (κ2) is 6.03. The Morgan fingerprint density at radius 1 is 1.58 bits per heavy atom. The first-order valence-corrected chi connectivity index (χ1v) is 7.47. The summed E-state index contributed by atoms with van der Waals surface area (Å²) in [5.41, 5.74) is 1.13. The van der Waals surface area contributed by atoms with Gasteiger partial charge in [-0.1, -0.05) is 0 Å². The Hall–Kier alpha value is -0.910. The maximum atomic E-state index is 12.2. The van der Waals surface area contributed by atoms with Gasteiger partial charge in [-0.25, -0.2) is 0 Å². The Morgan fingerprint density at radius 3 is 3.11 bits per heavy atom. The fraction of sp³-hybridized carbons (Fsp3) is 0.643. The Kier molecular flexibility index (Phi) is 4.60. The summed E-state index contributed by atoms with van der Waals surface area (Å²) >= 11 is 1.79. The second-order valence-electron chi connectivity index (χ2n) is 5.60. The van der Waals surface area contributed by atoms with E-state index in [0.29, 0.717) is 13.2 Å². The number of rotatable bonds is 5. The number of hydrogen-bond acceptors (Lipinski definition) is 4. The summed E-state index contributed by atoms with van der Waals surface area (Å²) in [5, 5.41) is 5.37. The van der Waals surface area contributed by atoms with E-state index in [9.17, 15) is 4.79 Å². The highest BCUT2D eigenvalue weighted by Gasteiger charge is 2.23. The van der Waals surface area contributed by atoms with Crippen LogP contribution in [0.4, 0.5) is 0 Å². The quantitative estimate of drug-likeness (QED) is 0.893. The van der Waals surface area contributed by atoms with Crippen molar-refractivity contribution in [2.45, 2.75) is 32.4 Å². The van der Waals surface area contributed by atoms with Gasteiger partial charge >= 0.3 is 0 Å². The lowest BCUT2D eigenvalue weighted by molar-refractivity contribution is -0.131. The van der Waals surface area contributed by atoms with E-state index in [-0.39, 0.29) is 11.4 Å². The number of thiophene rings is 1. The molecule has 0 atom stereocenters. The molecule has 0 saturated carbocycles. The number of nitrogens with one attached hydrogen (secondary N) is 1. The van der Waals surface area contributed by atoms with Crippen molar-refractivity contribution in [3.8, 4) is 0 Å². The van der Waals surface area contributed by atoms with Crippen molar-refractivity contribution in [3.05, 3.63) is 21.9 Å². The van der Waals surface area contributed by atoms with Gasteiger partial charge in [0.1, 0.15) is 0 Å². The van der Waals surface area contributed by atoms with Gasteiger partial charge in [-0.3, -0.25) is 4.79 Å². The Bertz CT molecular complexity index is 442. The molecular weight excluding hydrogens is 260 g/mol. The topological polar surface area (TPSA) is 41.6 Å². The minimum atomic E-state index is -0.173. The minimum Gasteiger partial charge on any atom is -0.383 e. The molecule has 1 aromatic heterocycles. The van der Waals surface area contributed by atoms with Crippen LogP contribution in [0, 0.1) is 0 Å². The molecule has 4 nitrogen and oxygen atoms in total. The highest BCUT2D eigenvalue weighted by Crippen LogP contribution is 2.23. The van der Waals surface area contributed by atoms with Crippen LogP contribution < -0.4 is 5.32 Å². The first kappa shape index (κ1) is 14.5. The molecule has 0 spiro atoms. The van der Waals surface area contributed by atoms with E-state index in [1.165, 1.54) is 10.4 Å². The molecule has 0 bridgehead atoms. The monoisotopic (exact) mass is 282 g/mol. The summed E-state index contributed by atoms with van der Waals surface area (Å²) in [6.07, 6.45) is 0.986. The standard InChI is InChI=1S/C14H22N2O2S/c1-14(2,10-18-3)15-8-13(17)16-6-4-12-11(9-16)5-7-19-12/h5,7,15H,4,6,8-10H2,1-3H3. The zero-order valence-electron chi connectivity index (χ0n) is 11.9. The molecule has 1 N–H and O–H groups in total. The number of hydrogen-bond donors (Lipinski definition) is 1. The average molecular weight is 282 g/mol. The molecule has 0 fully saturated rings. The van der Waals surface area contributed by atoms with Crippen LogP contribution in [-0.2, 0) is 22.5 Å². The first-order chi connectivity index (χ1) is 9.02. The van der Waals surface area contributed by atoms with Gasteiger partial charge in [0.25, 0.3) is 0 Å². The molecule has 2 heterocycles. The molecule has 5 heteroatoms. The van der Waals surface area contributed by atoms with Crippen LogP contribution >= 0.6 is 11.3 Å². The van der Waals surface area contributed by atoms with Gasteiger partial charge in [0.2, 0.25) is 5.91 Å². The van der Waals surface area contributed by atoms with E-state index in [1.54, 1.807) is 18.4 Å². The maximum Gasteiger partial charge on any atom is 0.236 e. The summed E-state index contributed by atoms with van der Waals surface area (Å²) < 4.78 is 5.13. The lowest BCUT2D eigenvalue weighted by Crippen LogP contribution is -2.49. The number of nitrogens with zero attached hydrogens (tertiary/aromatic N) is 1. The van der Waals surface area contributed by atoms with Gasteiger partial charge in [-0.15, -0.1) is 11.3 Å². The molecule has 106 valence electrons. The fourth-order valence-corrected chi connectivity index (χ4v) is 3.19. The zero-order chi connectivity index (χ0) is 13.9. The number of carbonyl (C=O) groups is 1. The van der Waals surface area contributed by atoms with E-state index in [0.717, 1.165) is 19.5 Å². The van der Waals surface area contributed by atoms with Crippen LogP contribution in [-0.4, -0.2) is 43.2 Å². The van der Waals surface area contributed by atoms with E-state index in [4.69, 9.17) is 4.74 Å². The molecule has 0 aliphatic carbocycles. The summed E-state index contributed by atoms with van der Waals surface area (Å²) in [7, 11) is 1.67. The molecule has 0 saturated heterocycles. The molecule has 0 radical (unpaired) electrons. The molecule has 1 amide bonds. The summed E-state index contributed by atoms with van der Waals surface area (Å²) in [6, 6.07) is 2.13. The van der Waals surface area contributed by atoms with Crippen molar-refractivity contribution < 1.29 is 9.53 Å². The molecular formula is C14H22N2O2S. The van der Waals surface area contributed by atoms with Crippen LogP contribution in [0.25, 0.3) is 0 Å². The van der Waals surface area contributed by atoms with E-state index < -0.39 is 0 Å². The van der Waals surface area contributed by atoms with Crippen molar-refractivity contribution >= 4 is 17.2 Å². The van der Waals surface area contributed by atoms with Gasteiger partial charge in [-0.2, -0.15) is 0 Å². The Balaban J connectivity index is 1.85. The maximum absolute atomic E-state index is 12.2. The molecule has 1 aromatic rings. The zero-order valence-corrected chi connectivity index (χ0v) is 12.7. The molecule has 19 heavy (non-hydrogen) atoms. The van der Waals surface area contributed by atoms with Crippen molar-refractivity contribution in [1.29, 1.82) is 0 Å². The van der Waals surface area contributed by atoms with Crippen molar-refractivity contribution in [2.75, 3.05) is 26.8 Å². The Labute approximate surface area is 118 Å². The van der Waals surface area contributed by atoms with Gasteiger partial charge in [0.15, 0.2) is 0 Å². The highest BCUT2D eigenvalue weighted by atomic mass is 32.1. The van der Waals surface area contributed by atoms with E-state index in [2.05, 4.69) is 16.8 Å². The first-order valence-electron chi connectivity index (χ1n) is 6.59. The summed E-state index contributed by atoms with van der Waals surface area (Å²) in [5.74, 6) is 0.168. The highest BCUT2D eigenvalue weighted by molar-refractivity contribution is 7.10. The number of carbonyl (C=O) groups excluding carboxylic acids is 1. The second-order valence-corrected chi connectivity index (χ2v) is 6.61. The summed E-state index contributed by atoms with van der Waals surface area (Å²) in [6.45, 7) is 6.63. The van der Waals surface area contributed by atoms with Gasteiger partial charge < -0.3 is 15.0 Å². The van der Waals surface area contributed by atoms with Gasteiger partial charge in [0.05, 0.1) is 13.2 Å². The summed E-state index contributed by atoms with van der Waals surface area (Å²) in [4.78, 5) is 15.6. The van der Waals surface area contributed by atoms with Crippen LogP contribution in [0.2, 0.25) is 0 Å². The van der Waals surface area contributed by atoms with Crippen LogP contribution in [0.1, 0.15) is 24.3 Å². The van der Waals surface area contributed by atoms with Crippen LogP contribution in [0.3, 0.4) is 0 Å². The number of methoxy groups -OCH3 is 1. The van der Waals surface area contributed by atoms with Gasteiger partial charge in [0, 0.05) is 30.6 Å². The average Bonchev–Trinajstić information content (AvgIpc) is 2.83. The third kappa shape index (κ3) is 3.78. The Morgan fingerprint density at radius 2 is 2.37 bits per heavy atom. The molecule has 0 unspecified atom stereocenters. The lowest BCUT2D eigenvalue weighted by Gasteiger charge is -2.30. The number of amides is 1. The molecule has 0 aromatic carbocycles. The van der Waals surface area contributed by atoms with Crippen LogP contribution in [0.5, 0.6) is 0 Å².